The first kappa shape index (κ1) is 17.0. The second kappa shape index (κ2) is 6.49. The maximum Gasteiger partial charge on any atom is 0.259 e. The van der Waals surface area contributed by atoms with Gasteiger partial charge in [-0.05, 0) is 49.8 Å². The highest BCUT2D eigenvalue weighted by Crippen LogP contribution is 2.38. The molecule has 0 bridgehead atoms. The van der Waals surface area contributed by atoms with E-state index in [-0.39, 0.29) is 10.8 Å². The maximum absolute atomic E-state index is 12.8. The van der Waals surface area contributed by atoms with Crippen LogP contribution in [0.3, 0.4) is 0 Å². The van der Waals surface area contributed by atoms with Crippen LogP contribution in [0.1, 0.15) is 41.8 Å². The molecule has 0 fully saturated rings. The van der Waals surface area contributed by atoms with Crippen LogP contribution in [-0.2, 0) is 12.8 Å². The highest BCUT2D eigenvalue weighted by atomic mass is 32.2. The van der Waals surface area contributed by atoms with E-state index in [1.165, 1.54) is 22.2 Å². The smallest absolute Gasteiger partial charge is 0.259 e. The number of thioether (sulfide) groups is 1. The summed E-state index contributed by atoms with van der Waals surface area (Å²) in [5.41, 5.74) is 2.80. The van der Waals surface area contributed by atoms with Gasteiger partial charge in [-0.3, -0.25) is 4.79 Å². The predicted octanol–water partition coefficient (Wildman–Crippen LogP) is 5.10. The molecule has 5 rings (SSSR count). The average Bonchev–Trinajstić information content (AvgIpc) is 3.21. The van der Waals surface area contributed by atoms with Crippen LogP contribution in [0, 0.1) is 5.92 Å². The summed E-state index contributed by atoms with van der Waals surface area (Å²) >= 11 is 3.15. The zero-order chi connectivity index (χ0) is 18.5. The molecule has 1 aliphatic carbocycles. The third-order valence-corrected chi connectivity index (χ3v) is 7.22. The molecule has 4 aromatic rings. The van der Waals surface area contributed by atoms with Crippen molar-refractivity contribution in [2.75, 3.05) is 0 Å². The summed E-state index contributed by atoms with van der Waals surface area (Å²) in [5, 5.41) is 1.32. The topological polar surface area (TPSA) is 71.8 Å². The van der Waals surface area contributed by atoms with Gasteiger partial charge in [0.2, 0.25) is 0 Å². The van der Waals surface area contributed by atoms with Gasteiger partial charge in [0.15, 0.2) is 5.58 Å². The van der Waals surface area contributed by atoms with Crippen molar-refractivity contribution in [1.29, 1.82) is 0 Å². The van der Waals surface area contributed by atoms with E-state index in [0.29, 0.717) is 17.0 Å². The highest BCUT2D eigenvalue weighted by molar-refractivity contribution is 7.99. The Kier molecular flexibility index (Phi) is 4.09. The van der Waals surface area contributed by atoms with Crippen molar-refractivity contribution in [1.82, 2.24) is 15.0 Å². The first-order chi connectivity index (χ1) is 13.1. The van der Waals surface area contributed by atoms with Gasteiger partial charge in [0.25, 0.3) is 10.8 Å². The third kappa shape index (κ3) is 2.99. The summed E-state index contributed by atoms with van der Waals surface area (Å²) in [6, 6.07) is 7.70. The summed E-state index contributed by atoms with van der Waals surface area (Å²) in [7, 11) is 0. The number of rotatable bonds is 3. The zero-order valence-corrected chi connectivity index (χ0v) is 16.7. The molecule has 138 valence electrons. The zero-order valence-electron chi connectivity index (χ0n) is 15.1. The monoisotopic (exact) mass is 397 g/mol. The van der Waals surface area contributed by atoms with Crippen molar-refractivity contribution >= 4 is 44.4 Å². The number of H-pyrrole nitrogens is 1. The first-order valence-electron chi connectivity index (χ1n) is 9.15. The maximum atomic E-state index is 12.8. The Balaban J connectivity index is 1.49. The Hall–Kier alpha value is -2.12. The lowest BCUT2D eigenvalue weighted by Crippen LogP contribution is -2.15. The number of aryl methyl sites for hydroxylation is 1. The molecule has 3 heterocycles. The van der Waals surface area contributed by atoms with E-state index in [4.69, 9.17) is 9.40 Å². The van der Waals surface area contributed by atoms with Crippen molar-refractivity contribution in [3.05, 3.63) is 50.9 Å². The highest BCUT2D eigenvalue weighted by Gasteiger charge is 2.24. The fraction of sp³-hybridized carbons (Fsp3) is 0.350. The third-order valence-electron chi connectivity index (χ3n) is 5.12. The Labute approximate surface area is 164 Å². The van der Waals surface area contributed by atoms with Gasteiger partial charge in [0, 0.05) is 4.88 Å². The SMILES string of the molecule is C[C@H]1CCc2c(sc3nc([C@H](C)Sc4nc5ccccc5o4)[nH]c(=O)c23)C1. The lowest BCUT2D eigenvalue weighted by molar-refractivity contribution is 0.488. The molecule has 0 unspecified atom stereocenters. The minimum Gasteiger partial charge on any atom is -0.431 e. The van der Waals surface area contributed by atoms with E-state index in [1.54, 1.807) is 11.3 Å². The molecule has 5 nitrogen and oxygen atoms in total. The minimum absolute atomic E-state index is 0.0212. The predicted molar refractivity (Wildman–Crippen MR) is 110 cm³/mol. The number of para-hydroxylation sites is 2. The Morgan fingerprint density at radius 2 is 2.19 bits per heavy atom. The van der Waals surface area contributed by atoms with Crippen molar-refractivity contribution in [3.8, 4) is 0 Å². The molecule has 0 amide bonds. The first-order valence-corrected chi connectivity index (χ1v) is 10.8. The number of oxazole rings is 1. The van der Waals surface area contributed by atoms with Gasteiger partial charge in [0.1, 0.15) is 16.2 Å². The number of thiophene rings is 1. The lowest BCUT2D eigenvalue weighted by Gasteiger charge is -2.17. The minimum atomic E-state index is -0.0618. The Morgan fingerprint density at radius 1 is 1.33 bits per heavy atom. The summed E-state index contributed by atoms with van der Waals surface area (Å²) in [6.45, 7) is 4.29. The molecule has 0 radical (unpaired) electrons. The summed E-state index contributed by atoms with van der Waals surface area (Å²) in [4.78, 5) is 27.3. The second-order valence-electron chi connectivity index (χ2n) is 7.19. The molecule has 7 heteroatoms. The van der Waals surface area contributed by atoms with Gasteiger partial charge in [-0.25, -0.2) is 9.97 Å². The van der Waals surface area contributed by atoms with E-state index in [1.807, 2.05) is 31.2 Å². The quantitative estimate of drug-likeness (QED) is 0.487. The average molecular weight is 398 g/mol. The van der Waals surface area contributed by atoms with E-state index >= 15 is 0 Å². The molecule has 1 aromatic carbocycles. The number of fused-ring (bicyclic) bond motifs is 4. The van der Waals surface area contributed by atoms with Gasteiger partial charge in [-0.1, -0.05) is 30.8 Å². The summed E-state index contributed by atoms with van der Waals surface area (Å²) in [5.74, 6) is 1.35. The number of aromatic nitrogens is 3. The number of nitrogens with zero attached hydrogens (tertiary/aromatic N) is 2. The molecule has 0 saturated carbocycles. The van der Waals surface area contributed by atoms with Crippen LogP contribution < -0.4 is 5.56 Å². The van der Waals surface area contributed by atoms with Crippen molar-refractivity contribution in [3.63, 3.8) is 0 Å². The summed E-state index contributed by atoms with van der Waals surface area (Å²) < 4.78 is 5.79. The van der Waals surface area contributed by atoms with Crippen LogP contribution >= 0.6 is 23.1 Å². The molecular formula is C20H19N3O2S2. The number of hydrogen-bond donors (Lipinski definition) is 1. The van der Waals surface area contributed by atoms with E-state index in [2.05, 4.69) is 16.9 Å². The normalized spacial score (nSPS) is 18.1. The number of aromatic amines is 1. The van der Waals surface area contributed by atoms with Crippen LogP contribution in [0.5, 0.6) is 0 Å². The van der Waals surface area contributed by atoms with Gasteiger partial charge in [0.05, 0.1) is 10.6 Å². The largest absolute Gasteiger partial charge is 0.431 e. The second-order valence-corrected chi connectivity index (χ2v) is 9.57. The molecule has 0 saturated heterocycles. The number of hydrogen-bond acceptors (Lipinski definition) is 6. The Morgan fingerprint density at radius 3 is 3.04 bits per heavy atom. The molecule has 1 N–H and O–H groups in total. The molecule has 0 spiro atoms. The van der Waals surface area contributed by atoms with Crippen LogP contribution in [0.4, 0.5) is 0 Å². The van der Waals surface area contributed by atoms with E-state index in [0.717, 1.165) is 40.6 Å². The van der Waals surface area contributed by atoms with Crippen molar-refractivity contribution in [2.45, 2.75) is 43.6 Å². The van der Waals surface area contributed by atoms with E-state index in [9.17, 15) is 4.79 Å². The van der Waals surface area contributed by atoms with Crippen molar-refractivity contribution in [2.24, 2.45) is 5.92 Å². The molecular weight excluding hydrogens is 378 g/mol. The van der Waals surface area contributed by atoms with Gasteiger partial charge >= 0.3 is 0 Å². The van der Waals surface area contributed by atoms with Gasteiger partial charge in [-0.15, -0.1) is 11.3 Å². The molecule has 0 aliphatic heterocycles. The van der Waals surface area contributed by atoms with Crippen LogP contribution in [0.25, 0.3) is 21.3 Å². The number of nitrogens with one attached hydrogen (secondary N) is 1. The van der Waals surface area contributed by atoms with Gasteiger partial charge in [-0.2, -0.15) is 0 Å². The molecule has 27 heavy (non-hydrogen) atoms. The number of benzene rings is 1. The Bertz CT molecular complexity index is 1170. The fourth-order valence-electron chi connectivity index (χ4n) is 3.67. The molecule has 1 aliphatic rings. The lowest BCUT2D eigenvalue weighted by atomic mass is 9.89. The van der Waals surface area contributed by atoms with Crippen LogP contribution in [0.15, 0.2) is 38.7 Å². The molecule has 3 aromatic heterocycles. The van der Waals surface area contributed by atoms with E-state index < -0.39 is 0 Å². The summed E-state index contributed by atoms with van der Waals surface area (Å²) in [6.07, 6.45) is 3.18. The van der Waals surface area contributed by atoms with Crippen LogP contribution in [-0.4, -0.2) is 15.0 Å². The van der Waals surface area contributed by atoms with Crippen LogP contribution in [0.2, 0.25) is 0 Å². The van der Waals surface area contributed by atoms with Gasteiger partial charge < -0.3 is 9.40 Å². The standard InChI is InChI=1S/C20H19N3O2S2/c1-10-7-8-12-15(9-10)27-19-16(12)18(24)22-17(23-19)11(2)26-20-21-13-5-3-4-6-14(13)25-20/h3-6,10-11H,7-9H2,1-2H3,(H,22,23,24)/t10-,11-/m0/s1. The molecule has 2 atom stereocenters. The fourth-order valence-corrected chi connectivity index (χ4v) is 5.87. The van der Waals surface area contributed by atoms with Crippen molar-refractivity contribution < 1.29 is 4.42 Å².